The summed E-state index contributed by atoms with van der Waals surface area (Å²) in [6, 6.07) is 0.447. The van der Waals surface area contributed by atoms with Crippen LogP contribution in [0.5, 0.6) is 0 Å². The molecule has 3 heterocycles. The van der Waals surface area contributed by atoms with Gasteiger partial charge >= 0.3 is 0 Å². The molecule has 7 nitrogen and oxygen atoms in total. The van der Waals surface area contributed by atoms with Gasteiger partial charge in [0.05, 0.1) is 13.2 Å². The van der Waals surface area contributed by atoms with E-state index in [9.17, 15) is 4.79 Å². The minimum atomic E-state index is -0.0502. The lowest BCUT2D eigenvalue weighted by molar-refractivity contribution is 0.0933. The van der Waals surface area contributed by atoms with Gasteiger partial charge < -0.3 is 10.1 Å². The number of likely N-dealkylation sites (N-methyl/N-ethyl adjacent to an activating group) is 1. The zero-order chi connectivity index (χ0) is 19.2. The van der Waals surface area contributed by atoms with Crippen LogP contribution in [-0.4, -0.2) is 78.0 Å². The number of carbonyl (C=O) groups is 1. The second kappa shape index (κ2) is 9.48. The lowest BCUT2D eigenvalue weighted by Crippen LogP contribution is -2.40. The molecule has 0 radical (unpaired) electrons. The predicted molar refractivity (Wildman–Crippen MR) is 106 cm³/mol. The van der Waals surface area contributed by atoms with E-state index >= 15 is 0 Å². The number of hydrogen-bond donors (Lipinski definition) is 1. The van der Waals surface area contributed by atoms with Crippen LogP contribution in [0.2, 0.25) is 0 Å². The average Bonchev–Trinajstić information content (AvgIpc) is 3.28. The van der Waals surface area contributed by atoms with Gasteiger partial charge in [-0.25, -0.2) is 0 Å². The van der Waals surface area contributed by atoms with Gasteiger partial charge in [0.1, 0.15) is 0 Å². The summed E-state index contributed by atoms with van der Waals surface area (Å²) >= 11 is 0. The van der Waals surface area contributed by atoms with Crippen molar-refractivity contribution in [1.29, 1.82) is 0 Å². The average molecular weight is 376 g/mol. The van der Waals surface area contributed by atoms with Crippen LogP contribution in [-0.2, 0) is 24.2 Å². The Labute approximate surface area is 162 Å². The minimum absolute atomic E-state index is 0.0502. The predicted octanol–water partition coefficient (Wildman–Crippen LogP) is 1.29. The molecule has 1 saturated heterocycles. The second-order valence-electron chi connectivity index (χ2n) is 7.40. The minimum Gasteiger partial charge on any atom is -0.383 e. The van der Waals surface area contributed by atoms with Crippen LogP contribution in [0.25, 0.3) is 0 Å². The molecule has 0 aliphatic carbocycles. The van der Waals surface area contributed by atoms with Crippen molar-refractivity contribution < 1.29 is 9.53 Å². The highest BCUT2D eigenvalue weighted by Crippen LogP contribution is 2.23. The number of carbonyl (C=O) groups excluding carboxylic acids is 1. The highest BCUT2D eigenvalue weighted by Gasteiger charge is 2.29. The first-order valence-corrected chi connectivity index (χ1v) is 10.1. The Bertz CT molecular complexity index is 657. The van der Waals surface area contributed by atoms with E-state index < -0.39 is 0 Å². The third-order valence-corrected chi connectivity index (χ3v) is 5.73. The molecule has 0 aromatic carbocycles. The fourth-order valence-corrected chi connectivity index (χ4v) is 4.27. The van der Waals surface area contributed by atoms with Crippen LogP contribution in [0, 0.1) is 0 Å². The van der Waals surface area contributed by atoms with Crippen LogP contribution >= 0.6 is 0 Å². The van der Waals surface area contributed by atoms with Gasteiger partial charge in [0.2, 0.25) is 0 Å². The van der Waals surface area contributed by atoms with Gasteiger partial charge in [-0.15, -0.1) is 6.58 Å². The summed E-state index contributed by atoms with van der Waals surface area (Å²) in [6.45, 7) is 12.7. The molecule has 0 saturated carbocycles. The molecular formula is C20H33N5O2. The van der Waals surface area contributed by atoms with E-state index in [2.05, 4.69) is 33.7 Å². The topological polar surface area (TPSA) is 62.6 Å². The summed E-state index contributed by atoms with van der Waals surface area (Å²) in [5.74, 6) is -0.0502. The van der Waals surface area contributed by atoms with Crippen LogP contribution in [0.4, 0.5) is 0 Å². The summed E-state index contributed by atoms with van der Waals surface area (Å²) in [5.41, 5.74) is 2.82. The Hall–Kier alpha value is -1.70. The zero-order valence-corrected chi connectivity index (χ0v) is 16.7. The molecule has 1 aromatic heterocycles. The van der Waals surface area contributed by atoms with Crippen molar-refractivity contribution in [3.05, 3.63) is 29.6 Å². The van der Waals surface area contributed by atoms with Crippen molar-refractivity contribution in [2.45, 2.75) is 45.3 Å². The van der Waals surface area contributed by atoms with Crippen molar-refractivity contribution in [3.8, 4) is 0 Å². The first-order chi connectivity index (χ1) is 13.2. The van der Waals surface area contributed by atoms with E-state index in [1.54, 1.807) is 7.11 Å². The van der Waals surface area contributed by atoms with Gasteiger partial charge in [-0.05, 0) is 25.9 Å². The largest absolute Gasteiger partial charge is 0.383 e. The van der Waals surface area contributed by atoms with Crippen LogP contribution in [0.15, 0.2) is 12.7 Å². The lowest BCUT2D eigenvalue weighted by atomic mass is 10.0. The molecule has 2 aliphatic rings. The normalized spacial score (nSPS) is 20.6. The van der Waals surface area contributed by atoms with E-state index in [0.29, 0.717) is 31.4 Å². The molecule has 0 spiro atoms. The smallest absolute Gasteiger partial charge is 0.272 e. The number of aromatic nitrogens is 2. The molecule has 150 valence electrons. The van der Waals surface area contributed by atoms with E-state index in [0.717, 1.165) is 51.1 Å². The standard InChI is InChI=1S/C20H33N5O2/c1-4-9-23-11-8-18-17(15-23)19(22-25(18)12-13-27-3)20(26)21-14-16-7-6-10-24(16)5-2/h4,16H,1,5-15H2,2-3H3,(H,21,26). The van der Waals surface area contributed by atoms with Crippen LogP contribution < -0.4 is 5.32 Å². The highest BCUT2D eigenvalue weighted by atomic mass is 16.5. The van der Waals surface area contributed by atoms with Gasteiger partial charge in [0, 0.05) is 57.0 Å². The van der Waals surface area contributed by atoms with Crippen molar-refractivity contribution >= 4 is 5.91 Å². The fourth-order valence-electron chi connectivity index (χ4n) is 4.27. The summed E-state index contributed by atoms with van der Waals surface area (Å²) in [7, 11) is 1.69. The molecular weight excluding hydrogens is 342 g/mol. The molecule has 1 unspecified atom stereocenters. The monoisotopic (exact) mass is 375 g/mol. The van der Waals surface area contributed by atoms with Gasteiger partial charge in [0.25, 0.3) is 5.91 Å². The molecule has 3 rings (SSSR count). The lowest BCUT2D eigenvalue weighted by Gasteiger charge is -2.26. The first kappa shape index (κ1) is 20.0. The van der Waals surface area contributed by atoms with Gasteiger partial charge in [-0.1, -0.05) is 13.0 Å². The second-order valence-corrected chi connectivity index (χ2v) is 7.40. The Kier molecular flexibility index (Phi) is 7.04. The Balaban J connectivity index is 1.73. The molecule has 1 fully saturated rings. The third-order valence-electron chi connectivity index (χ3n) is 5.73. The molecule has 1 atom stereocenters. The number of hydrogen-bond acceptors (Lipinski definition) is 5. The highest BCUT2D eigenvalue weighted by molar-refractivity contribution is 5.94. The summed E-state index contributed by atoms with van der Waals surface area (Å²) in [6.07, 6.45) is 5.19. The quantitative estimate of drug-likeness (QED) is 0.659. The van der Waals surface area contributed by atoms with E-state index in [1.165, 1.54) is 12.1 Å². The molecule has 27 heavy (non-hydrogen) atoms. The molecule has 7 heteroatoms. The summed E-state index contributed by atoms with van der Waals surface area (Å²) in [4.78, 5) is 17.7. The maximum absolute atomic E-state index is 12.9. The van der Waals surface area contributed by atoms with Crippen molar-refractivity contribution in [3.63, 3.8) is 0 Å². The molecule has 1 N–H and O–H groups in total. The zero-order valence-electron chi connectivity index (χ0n) is 16.7. The Morgan fingerprint density at radius 3 is 3.04 bits per heavy atom. The van der Waals surface area contributed by atoms with Gasteiger partial charge in [0.15, 0.2) is 5.69 Å². The van der Waals surface area contributed by atoms with Crippen molar-refractivity contribution in [2.75, 3.05) is 46.4 Å². The molecule has 2 aliphatic heterocycles. The molecule has 1 amide bonds. The number of nitrogens with one attached hydrogen (secondary N) is 1. The number of nitrogens with zero attached hydrogens (tertiary/aromatic N) is 4. The number of rotatable bonds is 9. The molecule has 1 aromatic rings. The SMILES string of the molecule is C=CCN1CCc2c(c(C(=O)NCC3CCCN3CC)nn2CCOC)C1. The van der Waals surface area contributed by atoms with Crippen molar-refractivity contribution in [2.24, 2.45) is 0 Å². The molecule has 0 bridgehead atoms. The summed E-state index contributed by atoms with van der Waals surface area (Å²) < 4.78 is 7.18. The number of likely N-dealkylation sites (tertiary alicyclic amines) is 1. The number of ether oxygens (including phenoxy) is 1. The Morgan fingerprint density at radius 1 is 1.44 bits per heavy atom. The van der Waals surface area contributed by atoms with Crippen LogP contribution in [0.3, 0.4) is 0 Å². The first-order valence-electron chi connectivity index (χ1n) is 10.1. The van der Waals surface area contributed by atoms with Gasteiger partial charge in [-0.2, -0.15) is 5.10 Å². The maximum atomic E-state index is 12.9. The van der Waals surface area contributed by atoms with Crippen molar-refractivity contribution in [1.82, 2.24) is 24.9 Å². The number of amides is 1. The summed E-state index contributed by atoms with van der Waals surface area (Å²) in [5, 5.41) is 7.81. The van der Waals surface area contributed by atoms with Gasteiger partial charge in [-0.3, -0.25) is 19.3 Å². The number of methoxy groups -OCH3 is 1. The van der Waals surface area contributed by atoms with Crippen LogP contribution in [0.1, 0.15) is 41.5 Å². The maximum Gasteiger partial charge on any atom is 0.272 e. The van der Waals surface area contributed by atoms with E-state index in [4.69, 9.17) is 4.74 Å². The number of fused-ring (bicyclic) bond motifs is 1. The van der Waals surface area contributed by atoms with E-state index in [1.807, 2.05) is 10.8 Å². The van der Waals surface area contributed by atoms with E-state index in [-0.39, 0.29) is 5.91 Å². The third kappa shape index (κ3) is 4.59. The fraction of sp³-hybridized carbons (Fsp3) is 0.700. The Morgan fingerprint density at radius 2 is 2.30 bits per heavy atom.